The number of aromatic hydroxyl groups is 1. The van der Waals surface area contributed by atoms with Crippen molar-refractivity contribution in [2.75, 3.05) is 6.61 Å². The highest BCUT2D eigenvalue weighted by Gasteiger charge is 2.32. The lowest BCUT2D eigenvalue weighted by Crippen LogP contribution is -2.89. The van der Waals surface area contributed by atoms with E-state index in [4.69, 9.17) is 16.3 Å². The van der Waals surface area contributed by atoms with Gasteiger partial charge in [0, 0.05) is 22.4 Å². The van der Waals surface area contributed by atoms with Gasteiger partial charge in [0.15, 0.2) is 6.17 Å². The maximum Gasteiger partial charge on any atom is 0.416 e. The summed E-state index contributed by atoms with van der Waals surface area (Å²) in [5.41, 5.74) is 2.26. The number of quaternary nitrogens is 1. The van der Waals surface area contributed by atoms with Crippen molar-refractivity contribution in [2.45, 2.75) is 25.3 Å². The van der Waals surface area contributed by atoms with E-state index in [-0.39, 0.29) is 18.0 Å². The molecule has 0 bridgehead atoms. The standard InChI is InChI=1S/C25H22ClF3N2O2/c1-2-33-19-10-5-15(6-11-19)21-14-22(20-13-18(26)9-12-23(20)32)31-24(30-21)16-3-7-17(8-4-16)25(27,28)29/h3-14,22,24,30-32H,2H2,1H3/p+1. The van der Waals surface area contributed by atoms with Crippen LogP contribution in [0.1, 0.15) is 41.4 Å². The Labute approximate surface area is 194 Å². The Hall–Kier alpha value is -3.16. The van der Waals surface area contributed by atoms with Crippen LogP contribution in [0, 0.1) is 0 Å². The molecule has 0 aromatic heterocycles. The van der Waals surface area contributed by atoms with Gasteiger partial charge in [-0.25, -0.2) is 0 Å². The fourth-order valence-corrected chi connectivity index (χ4v) is 4.02. The first-order chi connectivity index (χ1) is 15.7. The van der Waals surface area contributed by atoms with Gasteiger partial charge in [0.25, 0.3) is 0 Å². The maximum atomic E-state index is 13.0. The second kappa shape index (κ2) is 9.37. The van der Waals surface area contributed by atoms with Crippen LogP contribution in [0.5, 0.6) is 11.5 Å². The Kier molecular flexibility index (Phi) is 6.54. The summed E-state index contributed by atoms with van der Waals surface area (Å²) in [6.45, 7) is 2.47. The Morgan fingerprint density at radius 1 is 1.03 bits per heavy atom. The van der Waals surface area contributed by atoms with Gasteiger partial charge in [-0.05, 0) is 67.1 Å². The lowest BCUT2D eigenvalue weighted by molar-refractivity contribution is -0.731. The molecule has 2 unspecified atom stereocenters. The molecule has 4 N–H and O–H groups in total. The van der Waals surface area contributed by atoms with E-state index >= 15 is 0 Å². The van der Waals surface area contributed by atoms with E-state index in [1.807, 2.05) is 42.6 Å². The first kappa shape index (κ1) is 23.0. The third-order valence-electron chi connectivity index (χ3n) is 5.48. The largest absolute Gasteiger partial charge is 0.507 e. The summed E-state index contributed by atoms with van der Waals surface area (Å²) in [7, 11) is 0. The molecule has 0 fully saturated rings. The van der Waals surface area contributed by atoms with E-state index in [1.165, 1.54) is 18.2 Å². The van der Waals surface area contributed by atoms with Crippen LogP contribution in [0.15, 0.2) is 72.8 Å². The van der Waals surface area contributed by atoms with Gasteiger partial charge >= 0.3 is 6.18 Å². The molecule has 172 valence electrons. The molecular formula is C25H23ClF3N2O2+. The van der Waals surface area contributed by atoms with E-state index in [2.05, 4.69) is 5.32 Å². The number of hydrogen-bond acceptors (Lipinski definition) is 3. The lowest BCUT2D eigenvalue weighted by Gasteiger charge is -2.30. The fraction of sp³-hybridized carbons (Fsp3) is 0.200. The van der Waals surface area contributed by atoms with E-state index in [0.29, 0.717) is 22.8 Å². The van der Waals surface area contributed by atoms with Crippen molar-refractivity contribution in [3.63, 3.8) is 0 Å². The SMILES string of the molecule is CCOc1ccc(C2=CC(c3cc(Cl)ccc3O)[NH2+]C(c3ccc(C(F)(F)F)cc3)N2)cc1. The average Bonchev–Trinajstić information content (AvgIpc) is 2.80. The lowest BCUT2D eigenvalue weighted by atomic mass is 9.97. The molecule has 1 aliphatic rings. The molecule has 0 saturated carbocycles. The molecule has 1 heterocycles. The minimum absolute atomic E-state index is 0.0935. The normalized spacial score (nSPS) is 18.4. The molecule has 0 amide bonds. The fourth-order valence-electron chi connectivity index (χ4n) is 3.84. The Balaban J connectivity index is 1.71. The van der Waals surface area contributed by atoms with Gasteiger partial charge in [-0.1, -0.05) is 23.7 Å². The van der Waals surface area contributed by atoms with E-state index in [9.17, 15) is 18.3 Å². The minimum Gasteiger partial charge on any atom is -0.507 e. The molecule has 2 atom stereocenters. The molecule has 1 aliphatic heterocycles. The third-order valence-corrected chi connectivity index (χ3v) is 5.71. The highest BCUT2D eigenvalue weighted by Crippen LogP contribution is 2.33. The number of halogens is 4. The number of nitrogens with two attached hydrogens (primary N) is 1. The van der Waals surface area contributed by atoms with Crippen molar-refractivity contribution < 1.29 is 28.3 Å². The number of rotatable bonds is 5. The Morgan fingerprint density at radius 2 is 1.73 bits per heavy atom. The molecule has 3 aromatic carbocycles. The molecule has 8 heteroatoms. The monoisotopic (exact) mass is 475 g/mol. The van der Waals surface area contributed by atoms with Crippen LogP contribution >= 0.6 is 11.6 Å². The topological polar surface area (TPSA) is 58.1 Å². The third kappa shape index (κ3) is 5.26. The van der Waals surface area contributed by atoms with Gasteiger partial charge in [0.1, 0.15) is 17.5 Å². The number of benzene rings is 3. The highest BCUT2D eigenvalue weighted by molar-refractivity contribution is 6.30. The number of alkyl halides is 3. The van der Waals surface area contributed by atoms with Gasteiger partial charge in [-0.15, -0.1) is 0 Å². The summed E-state index contributed by atoms with van der Waals surface area (Å²) in [5, 5.41) is 16.3. The van der Waals surface area contributed by atoms with Crippen molar-refractivity contribution in [3.05, 3.63) is 100 Å². The molecule has 0 saturated heterocycles. The second-order valence-corrected chi connectivity index (χ2v) is 8.14. The number of ether oxygens (including phenoxy) is 1. The van der Waals surface area contributed by atoms with Gasteiger partial charge in [-0.2, -0.15) is 13.2 Å². The van der Waals surface area contributed by atoms with Crippen molar-refractivity contribution in [3.8, 4) is 11.5 Å². The van der Waals surface area contributed by atoms with Crippen LogP contribution in [0.25, 0.3) is 5.70 Å². The Bertz CT molecular complexity index is 1150. The molecule has 4 nitrogen and oxygen atoms in total. The molecule has 4 rings (SSSR count). The van der Waals surface area contributed by atoms with Crippen LogP contribution in [0.3, 0.4) is 0 Å². The molecule has 0 radical (unpaired) electrons. The summed E-state index contributed by atoms with van der Waals surface area (Å²) in [5.74, 6) is 0.837. The average molecular weight is 476 g/mol. The summed E-state index contributed by atoms with van der Waals surface area (Å²) in [6, 6.07) is 17.1. The summed E-state index contributed by atoms with van der Waals surface area (Å²) >= 11 is 6.17. The molecule has 33 heavy (non-hydrogen) atoms. The second-order valence-electron chi connectivity index (χ2n) is 7.70. The van der Waals surface area contributed by atoms with Crippen LogP contribution in [-0.2, 0) is 6.18 Å². The highest BCUT2D eigenvalue weighted by atomic mass is 35.5. The van der Waals surface area contributed by atoms with E-state index in [1.54, 1.807) is 12.1 Å². The number of phenolic OH excluding ortho intramolecular Hbond substituents is 1. The van der Waals surface area contributed by atoms with Gasteiger partial charge in [-0.3, -0.25) is 0 Å². The first-order valence-electron chi connectivity index (χ1n) is 10.5. The van der Waals surface area contributed by atoms with Crippen molar-refractivity contribution >= 4 is 17.3 Å². The van der Waals surface area contributed by atoms with Crippen molar-refractivity contribution in [2.24, 2.45) is 0 Å². The van der Waals surface area contributed by atoms with Gasteiger partial charge in [0.2, 0.25) is 0 Å². The van der Waals surface area contributed by atoms with Gasteiger partial charge in [0.05, 0.1) is 17.7 Å². The molecule has 3 aromatic rings. The van der Waals surface area contributed by atoms with Crippen molar-refractivity contribution in [1.29, 1.82) is 0 Å². The van der Waals surface area contributed by atoms with E-state index < -0.39 is 11.7 Å². The van der Waals surface area contributed by atoms with Crippen molar-refractivity contribution in [1.82, 2.24) is 5.32 Å². The Morgan fingerprint density at radius 3 is 2.36 bits per heavy atom. The molecule has 0 aliphatic carbocycles. The maximum absolute atomic E-state index is 13.0. The van der Waals surface area contributed by atoms with Gasteiger partial charge < -0.3 is 20.5 Å². The molecular weight excluding hydrogens is 453 g/mol. The zero-order chi connectivity index (χ0) is 23.6. The van der Waals surface area contributed by atoms with Crippen LogP contribution in [-0.4, -0.2) is 11.7 Å². The summed E-state index contributed by atoms with van der Waals surface area (Å²) < 4.78 is 44.6. The number of phenols is 1. The predicted octanol–water partition coefficient (Wildman–Crippen LogP) is 5.41. The van der Waals surface area contributed by atoms with Crippen LogP contribution in [0.2, 0.25) is 5.02 Å². The summed E-state index contributed by atoms with van der Waals surface area (Å²) in [6.07, 6.45) is -2.82. The zero-order valence-corrected chi connectivity index (χ0v) is 18.5. The van der Waals surface area contributed by atoms with Crippen LogP contribution < -0.4 is 15.4 Å². The number of hydrogen-bond donors (Lipinski definition) is 3. The first-order valence-corrected chi connectivity index (χ1v) is 10.8. The summed E-state index contributed by atoms with van der Waals surface area (Å²) in [4.78, 5) is 0. The van der Waals surface area contributed by atoms with Crippen LogP contribution in [0.4, 0.5) is 13.2 Å². The number of nitrogens with one attached hydrogen (secondary N) is 1. The quantitative estimate of drug-likeness (QED) is 0.462. The smallest absolute Gasteiger partial charge is 0.416 e. The minimum atomic E-state index is -4.40. The van der Waals surface area contributed by atoms with E-state index in [0.717, 1.165) is 29.1 Å². The zero-order valence-electron chi connectivity index (χ0n) is 17.7. The predicted molar refractivity (Wildman–Crippen MR) is 121 cm³/mol. The molecule has 0 spiro atoms.